The van der Waals surface area contributed by atoms with Gasteiger partial charge in [0.15, 0.2) is 5.17 Å². The Labute approximate surface area is 160 Å². The molecule has 0 amide bonds. The maximum absolute atomic E-state index is 13.3. The fraction of sp³-hybridized carbons (Fsp3) is 0.0952. The van der Waals surface area contributed by atoms with Crippen LogP contribution >= 0.6 is 11.8 Å². The van der Waals surface area contributed by atoms with Gasteiger partial charge in [-0.3, -0.25) is 4.99 Å². The van der Waals surface area contributed by atoms with Crippen molar-refractivity contribution in [3.8, 4) is 0 Å². The highest BCUT2D eigenvalue weighted by Crippen LogP contribution is 2.35. The second-order valence-electron chi connectivity index (χ2n) is 5.69. The third kappa shape index (κ3) is 5.62. The number of rotatable bonds is 4. The zero-order chi connectivity index (χ0) is 19.1. The number of aliphatic imine (C=N–C) groups is 1. The number of para-hydroxylation sites is 1. The molecule has 0 unspecified atom stereocenters. The van der Waals surface area contributed by atoms with Crippen LogP contribution in [0.4, 0.5) is 18.9 Å². The standard InChI is InChI=1S/C21H17F3N2S/c22-21(23,24)18-13-7-8-14-19(18)26-20(27-17-11-5-2-6-12-17)25-15-16-9-3-1-4-10-16/h1-14H,15H2,(H,25,26). The predicted molar refractivity (Wildman–Crippen MR) is 105 cm³/mol. The smallest absolute Gasteiger partial charge is 0.334 e. The Hall–Kier alpha value is -2.73. The normalized spacial score (nSPS) is 12.0. The molecule has 0 radical (unpaired) electrons. The molecule has 1 N–H and O–H groups in total. The molecule has 0 aliphatic heterocycles. The summed E-state index contributed by atoms with van der Waals surface area (Å²) in [6.45, 7) is 0.372. The summed E-state index contributed by atoms with van der Waals surface area (Å²) >= 11 is 1.29. The number of amidine groups is 1. The Morgan fingerprint density at radius 1 is 0.815 bits per heavy atom. The van der Waals surface area contributed by atoms with Crippen LogP contribution in [0.3, 0.4) is 0 Å². The number of nitrogens with one attached hydrogen (secondary N) is 1. The molecular formula is C21H17F3N2S. The van der Waals surface area contributed by atoms with Crippen LogP contribution in [0.1, 0.15) is 11.1 Å². The van der Waals surface area contributed by atoms with Gasteiger partial charge in [-0.05, 0) is 29.8 Å². The molecule has 0 bridgehead atoms. The van der Waals surface area contributed by atoms with Crippen LogP contribution in [-0.2, 0) is 12.7 Å². The quantitative estimate of drug-likeness (QED) is 0.316. The van der Waals surface area contributed by atoms with Crippen LogP contribution in [0.15, 0.2) is 94.8 Å². The van der Waals surface area contributed by atoms with Gasteiger partial charge in [-0.15, -0.1) is 0 Å². The maximum atomic E-state index is 13.3. The number of alkyl halides is 3. The minimum Gasteiger partial charge on any atom is -0.334 e. The molecule has 0 aliphatic carbocycles. The van der Waals surface area contributed by atoms with Gasteiger partial charge in [0.05, 0.1) is 17.8 Å². The second-order valence-corrected chi connectivity index (χ2v) is 6.75. The number of halogens is 3. The van der Waals surface area contributed by atoms with Crippen LogP contribution in [0.25, 0.3) is 0 Å². The molecule has 0 aliphatic rings. The van der Waals surface area contributed by atoms with Crippen LogP contribution < -0.4 is 5.32 Å². The molecule has 0 saturated carbocycles. The monoisotopic (exact) mass is 386 g/mol. The van der Waals surface area contributed by atoms with Gasteiger partial charge in [-0.25, -0.2) is 0 Å². The lowest BCUT2D eigenvalue weighted by Gasteiger charge is -2.15. The number of nitrogens with zero attached hydrogens (tertiary/aromatic N) is 1. The average molecular weight is 386 g/mol. The number of thioether (sulfide) groups is 1. The lowest BCUT2D eigenvalue weighted by atomic mass is 10.2. The molecule has 3 aromatic rings. The predicted octanol–water partition coefficient (Wildman–Crippen LogP) is 6.47. The number of anilines is 1. The Morgan fingerprint density at radius 2 is 1.41 bits per heavy atom. The SMILES string of the molecule is FC(F)(F)c1ccccc1NC(=NCc1ccccc1)Sc1ccccc1. The van der Waals surface area contributed by atoms with Gasteiger partial charge in [-0.2, -0.15) is 13.2 Å². The molecule has 6 heteroatoms. The fourth-order valence-electron chi connectivity index (χ4n) is 2.40. The minimum atomic E-state index is -4.44. The molecule has 3 aromatic carbocycles. The first-order valence-electron chi connectivity index (χ1n) is 8.27. The van der Waals surface area contributed by atoms with Crippen LogP contribution in [0.2, 0.25) is 0 Å². The molecule has 138 valence electrons. The fourth-order valence-corrected chi connectivity index (χ4v) is 3.21. The van der Waals surface area contributed by atoms with E-state index in [4.69, 9.17) is 0 Å². The van der Waals surface area contributed by atoms with Crippen molar-refractivity contribution < 1.29 is 13.2 Å². The Morgan fingerprint density at radius 3 is 2.07 bits per heavy atom. The van der Waals surface area contributed by atoms with Crippen molar-refractivity contribution in [1.29, 1.82) is 0 Å². The van der Waals surface area contributed by atoms with Gasteiger partial charge in [-0.1, -0.05) is 72.4 Å². The van der Waals surface area contributed by atoms with Gasteiger partial charge >= 0.3 is 6.18 Å². The van der Waals surface area contributed by atoms with Crippen molar-refractivity contribution in [1.82, 2.24) is 0 Å². The summed E-state index contributed by atoms with van der Waals surface area (Å²) in [7, 11) is 0. The summed E-state index contributed by atoms with van der Waals surface area (Å²) in [6.07, 6.45) is -4.44. The Bertz CT molecular complexity index is 894. The van der Waals surface area contributed by atoms with E-state index >= 15 is 0 Å². The summed E-state index contributed by atoms with van der Waals surface area (Å²) < 4.78 is 39.9. The van der Waals surface area contributed by atoms with Crippen molar-refractivity contribution in [3.63, 3.8) is 0 Å². The first kappa shape index (κ1) is 19.0. The lowest BCUT2D eigenvalue weighted by Crippen LogP contribution is -2.14. The molecule has 0 fully saturated rings. The number of hydrogen-bond acceptors (Lipinski definition) is 2. The van der Waals surface area contributed by atoms with E-state index in [2.05, 4.69) is 10.3 Å². The third-order valence-electron chi connectivity index (χ3n) is 3.68. The molecule has 0 atom stereocenters. The first-order valence-corrected chi connectivity index (χ1v) is 9.08. The van der Waals surface area contributed by atoms with E-state index < -0.39 is 11.7 Å². The topological polar surface area (TPSA) is 24.4 Å². The zero-order valence-electron chi connectivity index (χ0n) is 14.3. The summed E-state index contributed by atoms with van der Waals surface area (Å²) in [5.74, 6) is 0. The summed E-state index contributed by atoms with van der Waals surface area (Å²) in [5, 5.41) is 3.27. The van der Waals surface area contributed by atoms with E-state index in [-0.39, 0.29) is 5.69 Å². The maximum Gasteiger partial charge on any atom is 0.418 e. The van der Waals surface area contributed by atoms with Crippen LogP contribution in [0.5, 0.6) is 0 Å². The molecule has 2 nitrogen and oxygen atoms in total. The summed E-state index contributed by atoms with van der Waals surface area (Å²) in [6, 6.07) is 24.4. The van der Waals surface area contributed by atoms with E-state index in [1.165, 1.54) is 23.9 Å². The Balaban J connectivity index is 1.88. The Kier molecular flexibility index (Phi) is 6.19. The summed E-state index contributed by atoms with van der Waals surface area (Å²) in [5.41, 5.74) is 0.251. The largest absolute Gasteiger partial charge is 0.418 e. The highest BCUT2D eigenvalue weighted by molar-refractivity contribution is 8.14. The minimum absolute atomic E-state index is 0.0137. The van der Waals surface area contributed by atoms with Crippen molar-refractivity contribution in [2.24, 2.45) is 4.99 Å². The van der Waals surface area contributed by atoms with Crippen LogP contribution in [0, 0.1) is 0 Å². The van der Waals surface area contributed by atoms with Crippen molar-refractivity contribution in [2.45, 2.75) is 17.6 Å². The highest BCUT2D eigenvalue weighted by atomic mass is 32.2. The lowest BCUT2D eigenvalue weighted by molar-refractivity contribution is -0.136. The van der Waals surface area contributed by atoms with E-state index in [0.29, 0.717) is 11.7 Å². The molecule has 27 heavy (non-hydrogen) atoms. The van der Waals surface area contributed by atoms with Gasteiger partial charge in [0.2, 0.25) is 0 Å². The average Bonchev–Trinajstić information content (AvgIpc) is 2.67. The molecule has 0 saturated heterocycles. The van der Waals surface area contributed by atoms with Gasteiger partial charge in [0.1, 0.15) is 0 Å². The molecule has 0 aromatic heterocycles. The van der Waals surface area contributed by atoms with E-state index in [0.717, 1.165) is 16.5 Å². The van der Waals surface area contributed by atoms with Crippen molar-refractivity contribution in [3.05, 3.63) is 96.1 Å². The first-order chi connectivity index (χ1) is 13.0. The summed E-state index contributed by atoms with van der Waals surface area (Å²) in [4.78, 5) is 5.40. The van der Waals surface area contributed by atoms with E-state index in [1.807, 2.05) is 60.7 Å². The van der Waals surface area contributed by atoms with Gasteiger partial charge in [0, 0.05) is 4.90 Å². The van der Waals surface area contributed by atoms with Gasteiger partial charge in [0.25, 0.3) is 0 Å². The molecular weight excluding hydrogens is 369 g/mol. The highest BCUT2D eigenvalue weighted by Gasteiger charge is 2.33. The third-order valence-corrected chi connectivity index (χ3v) is 4.61. The van der Waals surface area contributed by atoms with Gasteiger partial charge < -0.3 is 5.32 Å². The van der Waals surface area contributed by atoms with Crippen LogP contribution in [-0.4, -0.2) is 5.17 Å². The van der Waals surface area contributed by atoms with Crippen molar-refractivity contribution >= 4 is 22.6 Å². The second kappa shape index (κ2) is 8.77. The number of benzene rings is 3. The van der Waals surface area contributed by atoms with E-state index in [1.54, 1.807) is 6.07 Å². The zero-order valence-corrected chi connectivity index (χ0v) is 15.1. The molecule has 0 heterocycles. The van der Waals surface area contributed by atoms with Crippen molar-refractivity contribution in [2.75, 3.05) is 5.32 Å². The molecule has 0 spiro atoms. The number of hydrogen-bond donors (Lipinski definition) is 1. The van der Waals surface area contributed by atoms with E-state index in [9.17, 15) is 13.2 Å². The molecule has 3 rings (SSSR count).